The van der Waals surface area contributed by atoms with Gasteiger partial charge in [-0.15, -0.1) is 24.0 Å². The van der Waals surface area contributed by atoms with Gasteiger partial charge in [0.2, 0.25) is 0 Å². The molecule has 5 heteroatoms. The standard InChI is InChI=1S/C16H18FN3.HI/c1-12-5-4-7-14(11-12)20-16(18)19-10-9-13-6-2-3-8-15(13)17;/h2-8,11H,9-10H2,1H3,(H3,18,19,20);1H. The zero-order chi connectivity index (χ0) is 14.4. The summed E-state index contributed by atoms with van der Waals surface area (Å²) < 4.78 is 13.4. The van der Waals surface area contributed by atoms with Crippen molar-refractivity contribution in [3.63, 3.8) is 0 Å². The minimum atomic E-state index is -0.201. The number of benzene rings is 2. The number of guanidine groups is 1. The lowest BCUT2D eigenvalue weighted by Gasteiger charge is -2.06. The van der Waals surface area contributed by atoms with Gasteiger partial charge < -0.3 is 11.1 Å². The molecular weight excluding hydrogens is 380 g/mol. The first-order valence-electron chi connectivity index (χ1n) is 6.52. The van der Waals surface area contributed by atoms with E-state index in [-0.39, 0.29) is 29.8 Å². The maximum absolute atomic E-state index is 13.4. The van der Waals surface area contributed by atoms with E-state index < -0.39 is 0 Å². The molecule has 0 aliphatic rings. The Kier molecular flexibility index (Phi) is 7.14. The fourth-order valence-corrected chi connectivity index (χ4v) is 1.91. The summed E-state index contributed by atoms with van der Waals surface area (Å²) in [7, 11) is 0. The molecule has 21 heavy (non-hydrogen) atoms. The van der Waals surface area contributed by atoms with Gasteiger partial charge in [0.05, 0.1) is 0 Å². The smallest absolute Gasteiger partial charge is 0.193 e. The Bertz CT molecular complexity index is 614. The van der Waals surface area contributed by atoms with E-state index in [1.54, 1.807) is 12.1 Å². The van der Waals surface area contributed by atoms with Crippen molar-refractivity contribution in [2.24, 2.45) is 10.7 Å². The van der Waals surface area contributed by atoms with Crippen molar-refractivity contribution in [1.82, 2.24) is 0 Å². The number of anilines is 1. The Morgan fingerprint density at radius 3 is 2.67 bits per heavy atom. The fourth-order valence-electron chi connectivity index (χ4n) is 1.91. The van der Waals surface area contributed by atoms with Crippen LogP contribution < -0.4 is 11.1 Å². The Labute approximate surface area is 141 Å². The van der Waals surface area contributed by atoms with Gasteiger partial charge in [-0.2, -0.15) is 0 Å². The number of halogens is 2. The van der Waals surface area contributed by atoms with Crippen molar-refractivity contribution in [1.29, 1.82) is 0 Å². The highest BCUT2D eigenvalue weighted by molar-refractivity contribution is 14.0. The first-order chi connectivity index (χ1) is 9.65. The molecular formula is C16H19FIN3. The van der Waals surface area contributed by atoms with Crippen LogP contribution in [0.1, 0.15) is 11.1 Å². The summed E-state index contributed by atoms with van der Waals surface area (Å²) in [5.74, 6) is 0.139. The number of aliphatic imine (C=N–C) groups is 1. The molecule has 0 aromatic heterocycles. The summed E-state index contributed by atoms with van der Waals surface area (Å²) in [6.07, 6.45) is 0.531. The van der Waals surface area contributed by atoms with Gasteiger partial charge in [-0.25, -0.2) is 4.39 Å². The molecule has 0 bridgehead atoms. The quantitative estimate of drug-likeness (QED) is 0.468. The molecule has 2 aromatic rings. The lowest BCUT2D eigenvalue weighted by Crippen LogP contribution is -2.23. The number of aryl methyl sites for hydroxylation is 1. The van der Waals surface area contributed by atoms with Crippen LogP contribution in [0.15, 0.2) is 53.5 Å². The van der Waals surface area contributed by atoms with E-state index in [0.717, 1.165) is 11.3 Å². The fraction of sp³-hybridized carbons (Fsp3) is 0.188. The summed E-state index contributed by atoms with van der Waals surface area (Å²) in [4.78, 5) is 4.20. The number of nitrogens with one attached hydrogen (secondary N) is 1. The Hall–Kier alpha value is -1.63. The Balaban J connectivity index is 0.00000220. The van der Waals surface area contributed by atoms with Crippen molar-refractivity contribution in [3.8, 4) is 0 Å². The number of hydrogen-bond donors (Lipinski definition) is 2. The second-order valence-corrected chi connectivity index (χ2v) is 4.60. The van der Waals surface area contributed by atoms with E-state index in [1.165, 1.54) is 6.07 Å². The van der Waals surface area contributed by atoms with Gasteiger partial charge in [0.25, 0.3) is 0 Å². The molecule has 112 valence electrons. The molecule has 2 rings (SSSR count). The molecule has 0 spiro atoms. The molecule has 0 radical (unpaired) electrons. The minimum absolute atomic E-state index is 0. The molecule has 0 aliphatic carbocycles. The van der Waals surface area contributed by atoms with Crippen LogP contribution in [0, 0.1) is 12.7 Å². The molecule has 0 atom stereocenters. The summed E-state index contributed by atoms with van der Waals surface area (Å²) in [5.41, 5.74) is 8.50. The number of nitrogens with two attached hydrogens (primary N) is 1. The van der Waals surface area contributed by atoms with Crippen LogP contribution >= 0.6 is 24.0 Å². The highest BCUT2D eigenvalue weighted by atomic mass is 127. The van der Waals surface area contributed by atoms with Crippen LogP contribution in [0.3, 0.4) is 0 Å². The van der Waals surface area contributed by atoms with Gasteiger partial charge in [0, 0.05) is 12.2 Å². The van der Waals surface area contributed by atoms with Crippen molar-refractivity contribution in [3.05, 3.63) is 65.5 Å². The highest BCUT2D eigenvalue weighted by Crippen LogP contribution is 2.09. The van der Waals surface area contributed by atoms with Gasteiger partial charge in [-0.3, -0.25) is 4.99 Å². The summed E-state index contributed by atoms with van der Waals surface area (Å²) in [5, 5.41) is 3.02. The predicted octanol–water partition coefficient (Wildman–Crippen LogP) is 3.72. The summed E-state index contributed by atoms with van der Waals surface area (Å²) in [6, 6.07) is 14.6. The van der Waals surface area contributed by atoms with E-state index in [0.29, 0.717) is 24.5 Å². The zero-order valence-corrected chi connectivity index (χ0v) is 14.2. The second kappa shape index (κ2) is 8.61. The number of rotatable bonds is 4. The maximum atomic E-state index is 13.4. The average Bonchev–Trinajstić information content (AvgIpc) is 2.41. The summed E-state index contributed by atoms with van der Waals surface area (Å²) in [6.45, 7) is 2.46. The zero-order valence-electron chi connectivity index (χ0n) is 11.8. The maximum Gasteiger partial charge on any atom is 0.193 e. The van der Waals surface area contributed by atoms with E-state index >= 15 is 0 Å². The largest absolute Gasteiger partial charge is 0.370 e. The van der Waals surface area contributed by atoms with E-state index in [9.17, 15) is 4.39 Å². The molecule has 0 saturated heterocycles. The van der Waals surface area contributed by atoms with E-state index in [1.807, 2.05) is 37.3 Å². The summed E-state index contributed by atoms with van der Waals surface area (Å²) >= 11 is 0. The molecule has 3 N–H and O–H groups in total. The highest BCUT2D eigenvalue weighted by Gasteiger charge is 2.00. The average molecular weight is 399 g/mol. The van der Waals surface area contributed by atoms with Gasteiger partial charge in [-0.05, 0) is 42.7 Å². The Morgan fingerprint density at radius 1 is 1.19 bits per heavy atom. The molecule has 0 saturated carbocycles. The molecule has 0 amide bonds. The molecule has 0 heterocycles. The second-order valence-electron chi connectivity index (χ2n) is 4.60. The van der Waals surface area contributed by atoms with Crippen LogP contribution in [0.4, 0.5) is 10.1 Å². The molecule has 0 fully saturated rings. The van der Waals surface area contributed by atoms with Crippen LogP contribution in [0.2, 0.25) is 0 Å². The Morgan fingerprint density at radius 2 is 1.95 bits per heavy atom. The third kappa shape index (κ3) is 5.71. The van der Waals surface area contributed by atoms with Gasteiger partial charge >= 0.3 is 0 Å². The van der Waals surface area contributed by atoms with Crippen molar-refractivity contribution >= 4 is 35.6 Å². The topological polar surface area (TPSA) is 50.4 Å². The van der Waals surface area contributed by atoms with Crippen LogP contribution in [0.25, 0.3) is 0 Å². The predicted molar refractivity (Wildman–Crippen MR) is 96.8 cm³/mol. The lowest BCUT2D eigenvalue weighted by molar-refractivity contribution is 0.609. The monoisotopic (exact) mass is 399 g/mol. The van der Waals surface area contributed by atoms with Crippen LogP contribution in [0.5, 0.6) is 0 Å². The molecule has 3 nitrogen and oxygen atoms in total. The molecule has 0 unspecified atom stereocenters. The first-order valence-corrected chi connectivity index (χ1v) is 6.52. The SMILES string of the molecule is Cc1cccc(NC(N)=NCCc2ccccc2F)c1.I. The minimum Gasteiger partial charge on any atom is -0.370 e. The van der Waals surface area contributed by atoms with Crippen molar-refractivity contribution < 1.29 is 4.39 Å². The molecule has 2 aromatic carbocycles. The van der Waals surface area contributed by atoms with E-state index in [4.69, 9.17) is 5.73 Å². The van der Waals surface area contributed by atoms with Crippen molar-refractivity contribution in [2.75, 3.05) is 11.9 Å². The number of nitrogens with zero attached hydrogens (tertiary/aromatic N) is 1. The van der Waals surface area contributed by atoms with Crippen molar-refractivity contribution in [2.45, 2.75) is 13.3 Å². The van der Waals surface area contributed by atoms with Crippen LogP contribution in [-0.2, 0) is 6.42 Å². The third-order valence-corrected chi connectivity index (χ3v) is 2.91. The van der Waals surface area contributed by atoms with Gasteiger partial charge in [0.1, 0.15) is 5.82 Å². The lowest BCUT2D eigenvalue weighted by atomic mass is 10.1. The first kappa shape index (κ1) is 17.4. The third-order valence-electron chi connectivity index (χ3n) is 2.91. The van der Waals surface area contributed by atoms with E-state index in [2.05, 4.69) is 10.3 Å². The van der Waals surface area contributed by atoms with Gasteiger partial charge in [0.15, 0.2) is 5.96 Å². The number of hydrogen-bond acceptors (Lipinski definition) is 1. The normalized spacial score (nSPS) is 10.9. The van der Waals surface area contributed by atoms with Crippen LogP contribution in [-0.4, -0.2) is 12.5 Å². The molecule has 0 aliphatic heterocycles. The van der Waals surface area contributed by atoms with Gasteiger partial charge in [-0.1, -0.05) is 30.3 Å².